The predicted molar refractivity (Wildman–Crippen MR) is 76.6 cm³/mol. The summed E-state index contributed by atoms with van der Waals surface area (Å²) in [5.41, 5.74) is -0.336. The van der Waals surface area contributed by atoms with E-state index >= 15 is 0 Å². The van der Waals surface area contributed by atoms with Crippen LogP contribution in [-0.4, -0.2) is 11.6 Å². The van der Waals surface area contributed by atoms with Crippen molar-refractivity contribution in [3.05, 3.63) is 0 Å². The van der Waals surface area contributed by atoms with E-state index in [4.69, 9.17) is 0 Å². The summed E-state index contributed by atoms with van der Waals surface area (Å²) in [6.45, 7) is 11.4. The highest BCUT2D eigenvalue weighted by Gasteiger charge is 2.23. The summed E-state index contributed by atoms with van der Waals surface area (Å²) >= 11 is 0. The summed E-state index contributed by atoms with van der Waals surface area (Å²) in [7, 11) is 0. The van der Waals surface area contributed by atoms with Crippen LogP contribution in [0.4, 0.5) is 0 Å². The lowest BCUT2D eigenvalue weighted by Crippen LogP contribution is -2.21. The molecule has 0 rings (SSSR count). The van der Waals surface area contributed by atoms with Gasteiger partial charge in [0.2, 0.25) is 0 Å². The van der Waals surface area contributed by atoms with Gasteiger partial charge in [-0.3, -0.25) is 9.59 Å². The number of hydrogen-bond acceptors (Lipinski definition) is 2. The minimum absolute atomic E-state index is 0.168. The third kappa shape index (κ3) is 6.32. The smallest absolute Gasteiger partial charge is 0.135 e. The number of carbonyl (C=O) groups is 2. The Kier molecular flexibility index (Phi) is 6.80. The predicted octanol–water partition coefficient (Wildman–Crippen LogP) is 4.56. The molecule has 106 valence electrons. The molecule has 0 bridgehead atoms. The van der Waals surface area contributed by atoms with E-state index in [2.05, 4.69) is 0 Å². The number of ketones is 2. The Bertz CT molecular complexity index is 257. The molecule has 2 nitrogen and oxygen atoms in total. The van der Waals surface area contributed by atoms with Crippen molar-refractivity contribution >= 4 is 11.6 Å². The molecule has 0 heterocycles. The zero-order valence-electron chi connectivity index (χ0n) is 13.1. The number of hydrogen-bond donors (Lipinski definition) is 0. The van der Waals surface area contributed by atoms with Crippen molar-refractivity contribution in [2.45, 2.75) is 80.1 Å². The summed E-state index contributed by atoms with van der Waals surface area (Å²) in [4.78, 5) is 22.7. The lowest BCUT2D eigenvalue weighted by molar-refractivity contribution is -0.126. The number of carbonyl (C=O) groups excluding carboxylic acids is 2. The molecule has 0 saturated carbocycles. The first-order valence-corrected chi connectivity index (χ1v) is 7.12. The molecule has 0 amide bonds. The summed E-state index contributed by atoms with van der Waals surface area (Å²) in [6, 6.07) is 0. The minimum atomic E-state index is -0.168. The lowest BCUT2D eigenvalue weighted by atomic mass is 9.82. The molecule has 0 radical (unpaired) electrons. The van der Waals surface area contributed by atoms with Crippen molar-refractivity contribution < 1.29 is 9.59 Å². The highest BCUT2D eigenvalue weighted by Crippen LogP contribution is 2.27. The molecule has 0 N–H and O–H groups in total. The topological polar surface area (TPSA) is 34.1 Å². The van der Waals surface area contributed by atoms with E-state index < -0.39 is 0 Å². The SMILES string of the molecule is CC(=O)C(C)(C)CCCCCCC(C)(C)C(C)=O. The summed E-state index contributed by atoms with van der Waals surface area (Å²) in [5, 5.41) is 0. The van der Waals surface area contributed by atoms with Gasteiger partial charge in [0.05, 0.1) is 0 Å². The molecule has 18 heavy (non-hydrogen) atoms. The Balaban J connectivity index is 3.71. The van der Waals surface area contributed by atoms with Gasteiger partial charge in [0.1, 0.15) is 11.6 Å². The molecule has 0 aliphatic carbocycles. The van der Waals surface area contributed by atoms with Gasteiger partial charge >= 0.3 is 0 Å². The summed E-state index contributed by atoms with van der Waals surface area (Å²) in [6.07, 6.45) is 6.46. The molecule has 0 aromatic carbocycles. The van der Waals surface area contributed by atoms with Gasteiger partial charge in [-0.1, -0.05) is 53.4 Å². The molecule has 0 aromatic rings. The van der Waals surface area contributed by atoms with Crippen molar-refractivity contribution in [3.8, 4) is 0 Å². The van der Waals surface area contributed by atoms with Crippen molar-refractivity contribution in [1.82, 2.24) is 0 Å². The van der Waals surface area contributed by atoms with Crippen LogP contribution in [0.2, 0.25) is 0 Å². The zero-order chi connectivity index (χ0) is 14.4. The lowest BCUT2D eigenvalue weighted by Gasteiger charge is -2.22. The second-order valence-corrected chi connectivity index (χ2v) is 6.79. The van der Waals surface area contributed by atoms with Crippen LogP contribution < -0.4 is 0 Å². The fourth-order valence-electron chi connectivity index (χ4n) is 1.84. The normalized spacial score (nSPS) is 12.6. The Morgan fingerprint density at radius 1 is 0.667 bits per heavy atom. The van der Waals surface area contributed by atoms with Gasteiger partial charge in [-0.15, -0.1) is 0 Å². The standard InChI is InChI=1S/C16H30O2/c1-13(17)15(3,4)11-9-7-8-10-12-16(5,6)14(2)18/h7-12H2,1-6H3. The average Bonchev–Trinajstić information content (AvgIpc) is 2.22. The third-order valence-corrected chi connectivity index (χ3v) is 4.26. The second kappa shape index (κ2) is 7.06. The maximum atomic E-state index is 11.4. The number of rotatable bonds is 9. The van der Waals surface area contributed by atoms with Gasteiger partial charge in [0.25, 0.3) is 0 Å². The molecule has 2 heteroatoms. The van der Waals surface area contributed by atoms with Gasteiger partial charge < -0.3 is 0 Å². The first-order chi connectivity index (χ1) is 8.09. The first kappa shape index (κ1) is 17.3. The van der Waals surface area contributed by atoms with Crippen LogP contribution in [0.3, 0.4) is 0 Å². The van der Waals surface area contributed by atoms with Crippen LogP contribution in [0, 0.1) is 10.8 Å². The van der Waals surface area contributed by atoms with E-state index in [0.717, 1.165) is 38.5 Å². The van der Waals surface area contributed by atoms with E-state index in [0.29, 0.717) is 0 Å². The van der Waals surface area contributed by atoms with E-state index in [1.807, 2.05) is 27.7 Å². The highest BCUT2D eigenvalue weighted by molar-refractivity contribution is 5.81. The number of unbranched alkanes of at least 4 members (excludes halogenated alkanes) is 3. The van der Waals surface area contributed by atoms with Crippen molar-refractivity contribution in [3.63, 3.8) is 0 Å². The Hall–Kier alpha value is -0.660. The van der Waals surface area contributed by atoms with E-state index in [1.54, 1.807) is 13.8 Å². The molecule has 0 unspecified atom stereocenters. The Labute approximate surface area is 113 Å². The highest BCUT2D eigenvalue weighted by atomic mass is 16.1. The molecule has 0 aliphatic heterocycles. The van der Waals surface area contributed by atoms with Gasteiger partial charge in [-0.2, -0.15) is 0 Å². The van der Waals surface area contributed by atoms with Crippen LogP contribution in [-0.2, 0) is 9.59 Å². The fraction of sp³-hybridized carbons (Fsp3) is 0.875. The van der Waals surface area contributed by atoms with E-state index in [9.17, 15) is 9.59 Å². The molecular formula is C16H30O2. The molecule has 0 fully saturated rings. The average molecular weight is 254 g/mol. The molecule has 0 atom stereocenters. The maximum absolute atomic E-state index is 11.4. The maximum Gasteiger partial charge on any atom is 0.135 e. The van der Waals surface area contributed by atoms with Crippen molar-refractivity contribution in [1.29, 1.82) is 0 Å². The monoisotopic (exact) mass is 254 g/mol. The molecule has 0 aromatic heterocycles. The van der Waals surface area contributed by atoms with Gasteiger partial charge in [0, 0.05) is 10.8 Å². The minimum Gasteiger partial charge on any atom is -0.299 e. The van der Waals surface area contributed by atoms with Gasteiger partial charge in [-0.05, 0) is 26.7 Å². The Morgan fingerprint density at radius 3 is 1.17 bits per heavy atom. The Morgan fingerprint density at radius 2 is 0.944 bits per heavy atom. The number of Topliss-reactive ketones (excluding diaryl/α,β-unsaturated/α-hetero) is 2. The van der Waals surface area contributed by atoms with Crippen molar-refractivity contribution in [2.24, 2.45) is 10.8 Å². The van der Waals surface area contributed by atoms with E-state index in [1.165, 1.54) is 0 Å². The van der Waals surface area contributed by atoms with Crippen LogP contribution in [0.1, 0.15) is 80.1 Å². The second-order valence-electron chi connectivity index (χ2n) is 6.79. The van der Waals surface area contributed by atoms with E-state index in [-0.39, 0.29) is 22.4 Å². The van der Waals surface area contributed by atoms with Crippen LogP contribution in [0.5, 0.6) is 0 Å². The quantitative estimate of drug-likeness (QED) is 0.565. The molecule has 0 saturated heterocycles. The van der Waals surface area contributed by atoms with Crippen LogP contribution in [0.25, 0.3) is 0 Å². The van der Waals surface area contributed by atoms with Crippen molar-refractivity contribution in [2.75, 3.05) is 0 Å². The summed E-state index contributed by atoms with van der Waals surface area (Å²) < 4.78 is 0. The first-order valence-electron chi connectivity index (χ1n) is 7.12. The zero-order valence-corrected chi connectivity index (χ0v) is 13.1. The summed E-state index contributed by atoms with van der Waals surface area (Å²) in [5.74, 6) is 0.556. The fourth-order valence-corrected chi connectivity index (χ4v) is 1.84. The van der Waals surface area contributed by atoms with Gasteiger partial charge in [-0.25, -0.2) is 0 Å². The molecule has 0 aliphatic rings. The molecule has 0 spiro atoms. The third-order valence-electron chi connectivity index (χ3n) is 4.26. The van der Waals surface area contributed by atoms with Crippen LogP contribution >= 0.6 is 0 Å². The molecular weight excluding hydrogens is 224 g/mol. The largest absolute Gasteiger partial charge is 0.299 e. The van der Waals surface area contributed by atoms with Crippen LogP contribution in [0.15, 0.2) is 0 Å². The van der Waals surface area contributed by atoms with Gasteiger partial charge in [0.15, 0.2) is 0 Å².